The zero-order valence-corrected chi connectivity index (χ0v) is 12.6. The van der Waals surface area contributed by atoms with Gasteiger partial charge in [0.15, 0.2) is 0 Å². The summed E-state index contributed by atoms with van der Waals surface area (Å²) in [4.78, 5) is 4.63. The molecule has 1 unspecified atom stereocenters. The molecule has 2 rings (SSSR count). The summed E-state index contributed by atoms with van der Waals surface area (Å²) >= 11 is 1.91. The van der Waals surface area contributed by atoms with Crippen LogP contribution in [-0.2, 0) is 0 Å². The first-order valence-corrected chi connectivity index (χ1v) is 8.38. The predicted octanol–water partition coefficient (Wildman–Crippen LogP) is 3.72. The van der Waals surface area contributed by atoms with E-state index in [-0.39, 0.29) is 0 Å². The first-order valence-electron chi connectivity index (χ1n) is 6.99. The lowest BCUT2D eigenvalue weighted by Gasteiger charge is -2.17. The summed E-state index contributed by atoms with van der Waals surface area (Å²) in [6.07, 6.45) is 9.72. The Morgan fingerprint density at radius 1 is 1.50 bits per heavy atom. The summed E-state index contributed by atoms with van der Waals surface area (Å²) in [5, 5.41) is 3.53. The Hall–Kier alpha value is -0.640. The van der Waals surface area contributed by atoms with Crippen molar-refractivity contribution in [3.05, 3.63) is 11.9 Å². The van der Waals surface area contributed by atoms with E-state index in [0.29, 0.717) is 12.0 Å². The van der Waals surface area contributed by atoms with Crippen LogP contribution in [0, 0.1) is 12.8 Å². The van der Waals surface area contributed by atoms with Crippen LogP contribution < -0.4 is 5.32 Å². The molecule has 4 heteroatoms. The number of nitrogens with one attached hydrogen (secondary N) is 1. The van der Waals surface area contributed by atoms with Crippen LogP contribution in [0.1, 0.15) is 44.3 Å². The maximum Gasteiger partial charge on any atom is 0.203 e. The van der Waals surface area contributed by atoms with Crippen molar-refractivity contribution in [2.45, 2.75) is 45.6 Å². The molecule has 1 aromatic heterocycles. The molecule has 1 heterocycles. The van der Waals surface area contributed by atoms with E-state index < -0.39 is 0 Å². The van der Waals surface area contributed by atoms with Gasteiger partial charge in [-0.25, -0.2) is 4.98 Å². The van der Waals surface area contributed by atoms with Crippen LogP contribution in [0.2, 0.25) is 0 Å². The molecule has 1 aliphatic carbocycles. The van der Waals surface area contributed by atoms with E-state index in [4.69, 9.17) is 0 Å². The van der Waals surface area contributed by atoms with Crippen LogP contribution in [0.4, 0.5) is 5.95 Å². The number of hydrogen-bond donors (Lipinski definition) is 1. The number of hydrogen-bond acceptors (Lipinski definition) is 3. The van der Waals surface area contributed by atoms with E-state index in [1.807, 2.05) is 11.8 Å². The summed E-state index contributed by atoms with van der Waals surface area (Å²) in [6, 6.07) is 0.671. The molecular formula is C14H25N3S. The number of aryl methyl sites for hydroxylation is 1. The highest BCUT2D eigenvalue weighted by Gasteiger charge is 2.20. The molecule has 18 heavy (non-hydrogen) atoms. The van der Waals surface area contributed by atoms with Gasteiger partial charge < -0.3 is 9.88 Å². The Morgan fingerprint density at radius 3 is 2.89 bits per heavy atom. The largest absolute Gasteiger partial charge is 0.355 e. The van der Waals surface area contributed by atoms with Crippen molar-refractivity contribution in [3.8, 4) is 0 Å². The van der Waals surface area contributed by atoms with E-state index in [1.54, 1.807) is 0 Å². The number of nitrogens with zero attached hydrogens (tertiary/aromatic N) is 2. The minimum absolute atomic E-state index is 0.671. The van der Waals surface area contributed by atoms with Crippen molar-refractivity contribution in [2.24, 2.45) is 5.92 Å². The maximum absolute atomic E-state index is 4.63. The van der Waals surface area contributed by atoms with Crippen LogP contribution in [0.5, 0.6) is 0 Å². The number of rotatable bonds is 6. The molecule has 0 amide bonds. The van der Waals surface area contributed by atoms with E-state index in [1.165, 1.54) is 31.4 Å². The molecule has 1 fully saturated rings. The fourth-order valence-corrected chi connectivity index (χ4v) is 3.40. The van der Waals surface area contributed by atoms with Gasteiger partial charge in [-0.2, -0.15) is 11.8 Å². The van der Waals surface area contributed by atoms with Gasteiger partial charge in [0.05, 0.1) is 5.69 Å². The van der Waals surface area contributed by atoms with Crippen molar-refractivity contribution in [1.82, 2.24) is 9.55 Å². The van der Waals surface area contributed by atoms with E-state index in [0.717, 1.165) is 18.2 Å². The van der Waals surface area contributed by atoms with Crippen LogP contribution in [0.15, 0.2) is 6.20 Å². The predicted molar refractivity (Wildman–Crippen MR) is 80.5 cm³/mol. The average Bonchev–Trinajstić information content (AvgIpc) is 2.95. The zero-order chi connectivity index (χ0) is 13.0. The highest BCUT2D eigenvalue weighted by Crippen LogP contribution is 2.32. The minimum atomic E-state index is 0.671. The van der Waals surface area contributed by atoms with Crippen molar-refractivity contribution in [2.75, 3.05) is 23.9 Å². The zero-order valence-electron chi connectivity index (χ0n) is 11.8. The molecule has 0 aliphatic heterocycles. The molecule has 3 nitrogen and oxygen atoms in total. The Bertz CT molecular complexity index is 369. The maximum atomic E-state index is 4.63. The monoisotopic (exact) mass is 267 g/mol. The lowest BCUT2D eigenvalue weighted by molar-refractivity contribution is 0.520. The molecule has 0 spiro atoms. The molecule has 1 N–H and O–H groups in total. The van der Waals surface area contributed by atoms with Gasteiger partial charge in [0.25, 0.3) is 0 Å². The molecule has 0 aromatic carbocycles. The lowest BCUT2D eigenvalue weighted by atomic mass is 10.2. The van der Waals surface area contributed by atoms with Crippen molar-refractivity contribution in [3.63, 3.8) is 0 Å². The minimum Gasteiger partial charge on any atom is -0.355 e. The fraction of sp³-hybridized carbons (Fsp3) is 0.786. The topological polar surface area (TPSA) is 29.9 Å². The van der Waals surface area contributed by atoms with Gasteiger partial charge >= 0.3 is 0 Å². The number of anilines is 1. The van der Waals surface area contributed by atoms with Gasteiger partial charge in [-0.15, -0.1) is 0 Å². The smallest absolute Gasteiger partial charge is 0.203 e. The third kappa shape index (κ3) is 3.44. The molecule has 0 saturated heterocycles. The van der Waals surface area contributed by atoms with Crippen LogP contribution in [0.25, 0.3) is 0 Å². The normalized spacial score (nSPS) is 18.2. The van der Waals surface area contributed by atoms with Crippen LogP contribution in [-0.4, -0.2) is 28.1 Å². The Labute approximate surface area is 115 Å². The third-order valence-electron chi connectivity index (χ3n) is 3.63. The van der Waals surface area contributed by atoms with Gasteiger partial charge in [0.1, 0.15) is 0 Å². The standard InChI is InChI=1S/C14H25N3S/c1-11(10-18-3)8-15-14-16-12(2)9-17(14)13-6-4-5-7-13/h9,11,13H,4-8,10H2,1-3H3,(H,15,16). The summed E-state index contributed by atoms with van der Waals surface area (Å²) in [6.45, 7) is 5.39. The molecule has 1 atom stereocenters. The van der Waals surface area contributed by atoms with Crippen molar-refractivity contribution in [1.29, 1.82) is 0 Å². The number of thioether (sulfide) groups is 1. The average molecular weight is 267 g/mol. The van der Waals surface area contributed by atoms with Gasteiger partial charge in [0, 0.05) is 18.8 Å². The Morgan fingerprint density at radius 2 is 2.22 bits per heavy atom. The van der Waals surface area contributed by atoms with Gasteiger partial charge in [0.2, 0.25) is 5.95 Å². The third-order valence-corrected chi connectivity index (χ3v) is 4.53. The Kier molecular flexibility index (Phi) is 4.98. The first kappa shape index (κ1) is 13.8. The molecule has 1 saturated carbocycles. The van der Waals surface area contributed by atoms with Gasteiger partial charge in [-0.3, -0.25) is 0 Å². The van der Waals surface area contributed by atoms with Gasteiger partial charge in [-0.05, 0) is 37.7 Å². The highest BCUT2D eigenvalue weighted by molar-refractivity contribution is 7.98. The first-order chi connectivity index (χ1) is 8.70. The summed E-state index contributed by atoms with van der Waals surface area (Å²) in [5.41, 5.74) is 1.13. The van der Waals surface area contributed by atoms with Gasteiger partial charge in [-0.1, -0.05) is 19.8 Å². The molecule has 0 bridgehead atoms. The molecule has 102 valence electrons. The van der Waals surface area contributed by atoms with E-state index >= 15 is 0 Å². The van der Waals surface area contributed by atoms with Crippen molar-refractivity contribution >= 4 is 17.7 Å². The molecule has 1 aliphatic rings. The fourth-order valence-electron chi connectivity index (χ4n) is 2.72. The second-order valence-corrected chi connectivity index (χ2v) is 6.40. The number of aromatic nitrogens is 2. The summed E-state index contributed by atoms with van der Waals surface area (Å²) in [5.74, 6) is 2.97. The molecular weight excluding hydrogens is 242 g/mol. The van der Waals surface area contributed by atoms with E-state index in [9.17, 15) is 0 Å². The summed E-state index contributed by atoms with van der Waals surface area (Å²) < 4.78 is 2.37. The SMILES string of the molecule is CSCC(C)CNc1nc(C)cn1C1CCCC1. The van der Waals surface area contributed by atoms with Crippen LogP contribution >= 0.6 is 11.8 Å². The quantitative estimate of drug-likeness (QED) is 0.852. The highest BCUT2D eigenvalue weighted by atomic mass is 32.2. The second kappa shape index (κ2) is 6.50. The Balaban J connectivity index is 1.98. The molecule has 0 radical (unpaired) electrons. The lowest BCUT2D eigenvalue weighted by Crippen LogP contribution is -2.17. The van der Waals surface area contributed by atoms with E-state index in [2.05, 4.69) is 41.2 Å². The number of imidazole rings is 1. The van der Waals surface area contributed by atoms with Crippen molar-refractivity contribution < 1.29 is 0 Å². The van der Waals surface area contributed by atoms with Crippen LogP contribution in [0.3, 0.4) is 0 Å². The second-order valence-electron chi connectivity index (χ2n) is 5.49. The molecule has 1 aromatic rings. The summed E-state index contributed by atoms with van der Waals surface area (Å²) in [7, 11) is 0.